The predicted octanol–water partition coefficient (Wildman–Crippen LogP) is 0.816. The minimum Gasteiger partial charge on any atom is -0.380 e. The molecule has 13 heavy (non-hydrogen) atoms. The smallest absolute Gasteiger partial charge is 0.252 e. The van der Waals surface area contributed by atoms with Gasteiger partial charge in [0, 0.05) is 6.04 Å². The number of hydrogen-bond acceptors (Lipinski definition) is 2. The molecule has 0 radical (unpaired) electrons. The minimum atomic E-state index is -1.12. The highest BCUT2D eigenvalue weighted by atomic mass is 16.3. The van der Waals surface area contributed by atoms with E-state index in [9.17, 15) is 9.90 Å². The average molecular weight is 183 g/mol. The predicted molar refractivity (Wildman–Crippen MR) is 49.1 cm³/mol. The van der Waals surface area contributed by atoms with E-state index in [0.29, 0.717) is 6.04 Å². The highest BCUT2D eigenvalue weighted by Crippen LogP contribution is 2.39. The fourth-order valence-electron chi connectivity index (χ4n) is 1.71. The minimum absolute atomic E-state index is 0.167. The lowest BCUT2D eigenvalue weighted by atomic mass is 9.91. The van der Waals surface area contributed by atoms with Crippen molar-refractivity contribution >= 4 is 5.91 Å². The zero-order valence-electron chi connectivity index (χ0n) is 8.05. The van der Waals surface area contributed by atoms with Gasteiger partial charge in [-0.05, 0) is 44.9 Å². The molecule has 0 heterocycles. The van der Waals surface area contributed by atoms with Crippen LogP contribution in [0.5, 0.6) is 0 Å². The molecule has 74 valence electrons. The third-order valence-electron chi connectivity index (χ3n) is 3.27. The highest BCUT2D eigenvalue weighted by Gasteiger charge is 2.46. The van der Waals surface area contributed by atoms with Crippen molar-refractivity contribution in [2.75, 3.05) is 0 Å². The Hall–Kier alpha value is -0.570. The lowest BCUT2D eigenvalue weighted by Crippen LogP contribution is -2.51. The second-order valence-corrected chi connectivity index (χ2v) is 4.52. The summed E-state index contributed by atoms with van der Waals surface area (Å²) in [5.74, 6) is 0.0345. The van der Waals surface area contributed by atoms with E-state index in [-0.39, 0.29) is 11.8 Å². The van der Waals surface area contributed by atoms with Crippen LogP contribution in [-0.4, -0.2) is 22.7 Å². The van der Waals surface area contributed by atoms with Crippen molar-refractivity contribution in [2.24, 2.45) is 5.92 Å². The molecule has 0 aromatic carbocycles. The molecule has 0 bridgehead atoms. The molecule has 2 N–H and O–H groups in total. The molecule has 0 aromatic heterocycles. The van der Waals surface area contributed by atoms with Crippen molar-refractivity contribution in [3.8, 4) is 0 Å². The van der Waals surface area contributed by atoms with Crippen LogP contribution in [0.2, 0.25) is 0 Å². The fourth-order valence-corrected chi connectivity index (χ4v) is 1.71. The Morgan fingerprint density at radius 1 is 1.38 bits per heavy atom. The number of carbonyl (C=O) groups excluding carboxylic acids is 1. The number of nitrogens with one attached hydrogen (secondary N) is 1. The molecule has 1 amide bonds. The first-order chi connectivity index (χ1) is 6.10. The Balaban J connectivity index is 1.86. The van der Waals surface area contributed by atoms with Gasteiger partial charge in [0.15, 0.2) is 0 Å². The summed E-state index contributed by atoms with van der Waals surface area (Å²) in [5, 5.41) is 12.8. The molecule has 0 spiro atoms. The number of carbonyl (C=O) groups is 1. The molecule has 2 saturated carbocycles. The molecule has 0 aromatic rings. The first-order valence-electron chi connectivity index (χ1n) is 5.14. The second kappa shape index (κ2) is 2.98. The van der Waals surface area contributed by atoms with E-state index < -0.39 is 5.60 Å². The van der Waals surface area contributed by atoms with E-state index in [1.807, 2.05) is 0 Å². The quantitative estimate of drug-likeness (QED) is 0.680. The van der Waals surface area contributed by atoms with Crippen molar-refractivity contribution in [1.29, 1.82) is 0 Å². The van der Waals surface area contributed by atoms with Gasteiger partial charge in [0.25, 0.3) is 5.91 Å². The number of aliphatic hydroxyl groups is 1. The Bertz CT molecular complexity index is 217. The third kappa shape index (κ3) is 1.70. The van der Waals surface area contributed by atoms with Crippen LogP contribution < -0.4 is 5.32 Å². The standard InChI is InChI=1S/C10H17NO2/c1-10(13,7-5-6-7)9(12)11-8-3-2-4-8/h7-8,13H,2-6H2,1H3,(H,11,12). The van der Waals surface area contributed by atoms with E-state index in [4.69, 9.17) is 0 Å². The van der Waals surface area contributed by atoms with Gasteiger partial charge in [0.1, 0.15) is 5.60 Å². The van der Waals surface area contributed by atoms with Gasteiger partial charge in [-0.2, -0.15) is 0 Å². The Morgan fingerprint density at radius 3 is 2.38 bits per heavy atom. The van der Waals surface area contributed by atoms with Crippen LogP contribution in [0.1, 0.15) is 39.0 Å². The average Bonchev–Trinajstić information content (AvgIpc) is 2.77. The van der Waals surface area contributed by atoms with Crippen molar-refractivity contribution in [3.05, 3.63) is 0 Å². The van der Waals surface area contributed by atoms with E-state index in [0.717, 1.165) is 25.7 Å². The van der Waals surface area contributed by atoms with Crippen molar-refractivity contribution in [2.45, 2.75) is 50.7 Å². The van der Waals surface area contributed by atoms with Crippen LogP contribution >= 0.6 is 0 Å². The van der Waals surface area contributed by atoms with Gasteiger partial charge in [-0.1, -0.05) is 0 Å². The summed E-state index contributed by atoms with van der Waals surface area (Å²) in [7, 11) is 0. The summed E-state index contributed by atoms with van der Waals surface area (Å²) in [5.41, 5.74) is -1.12. The lowest BCUT2D eigenvalue weighted by Gasteiger charge is -2.30. The maximum Gasteiger partial charge on any atom is 0.252 e. The summed E-state index contributed by atoms with van der Waals surface area (Å²) in [6.07, 6.45) is 5.34. The first-order valence-corrected chi connectivity index (χ1v) is 5.14. The monoisotopic (exact) mass is 183 g/mol. The second-order valence-electron chi connectivity index (χ2n) is 4.52. The molecule has 0 aliphatic heterocycles. The fraction of sp³-hybridized carbons (Fsp3) is 0.900. The zero-order valence-corrected chi connectivity index (χ0v) is 8.05. The van der Waals surface area contributed by atoms with Crippen LogP contribution in [0, 0.1) is 5.92 Å². The number of hydrogen-bond donors (Lipinski definition) is 2. The summed E-state index contributed by atoms with van der Waals surface area (Å²) in [4.78, 5) is 11.6. The highest BCUT2D eigenvalue weighted by molar-refractivity contribution is 5.85. The van der Waals surface area contributed by atoms with Crippen molar-refractivity contribution in [3.63, 3.8) is 0 Å². The van der Waals surface area contributed by atoms with Crippen LogP contribution in [0.4, 0.5) is 0 Å². The van der Waals surface area contributed by atoms with E-state index in [1.54, 1.807) is 6.92 Å². The largest absolute Gasteiger partial charge is 0.380 e. The summed E-state index contributed by atoms with van der Waals surface area (Å²) < 4.78 is 0. The number of amides is 1. The molecule has 1 atom stereocenters. The first kappa shape index (κ1) is 9.00. The maximum atomic E-state index is 11.6. The normalized spacial score (nSPS) is 27.5. The van der Waals surface area contributed by atoms with Crippen LogP contribution in [-0.2, 0) is 4.79 Å². The van der Waals surface area contributed by atoms with Gasteiger partial charge in [-0.15, -0.1) is 0 Å². The Morgan fingerprint density at radius 2 is 2.00 bits per heavy atom. The molecule has 2 fully saturated rings. The molecule has 3 nitrogen and oxygen atoms in total. The lowest BCUT2D eigenvalue weighted by molar-refractivity contribution is -0.141. The van der Waals surface area contributed by atoms with E-state index >= 15 is 0 Å². The van der Waals surface area contributed by atoms with Crippen LogP contribution in [0.25, 0.3) is 0 Å². The van der Waals surface area contributed by atoms with Gasteiger partial charge in [0.05, 0.1) is 0 Å². The molecule has 1 unspecified atom stereocenters. The third-order valence-corrected chi connectivity index (χ3v) is 3.27. The summed E-state index contributed by atoms with van der Waals surface area (Å²) in [6, 6.07) is 0.331. The SMILES string of the molecule is CC(O)(C(=O)NC1CCC1)C1CC1. The van der Waals surface area contributed by atoms with E-state index in [2.05, 4.69) is 5.32 Å². The molecular weight excluding hydrogens is 166 g/mol. The topological polar surface area (TPSA) is 49.3 Å². The Kier molecular flexibility index (Phi) is 2.06. The Labute approximate surface area is 78.5 Å². The van der Waals surface area contributed by atoms with Crippen LogP contribution in [0.3, 0.4) is 0 Å². The molecule has 2 aliphatic carbocycles. The van der Waals surface area contributed by atoms with Gasteiger partial charge in [-0.3, -0.25) is 4.79 Å². The maximum absolute atomic E-state index is 11.6. The molecular formula is C10H17NO2. The summed E-state index contributed by atoms with van der Waals surface area (Å²) >= 11 is 0. The van der Waals surface area contributed by atoms with Crippen LogP contribution in [0.15, 0.2) is 0 Å². The molecule has 2 aliphatic rings. The van der Waals surface area contributed by atoms with Crippen molar-refractivity contribution in [1.82, 2.24) is 5.32 Å². The van der Waals surface area contributed by atoms with Gasteiger partial charge >= 0.3 is 0 Å². The molecule has 0 saturated heterocycles. The van der Waals surface area contributed by atoms with Gasteiger partial charge in [-0.25, -0.2) is 0 Å². The molecule has 3 heteroatoms. The van der Waals surface area contributed by atoms with Crippen molar-refractivity contribution < 1.29 is 9.90 Å². The zero-order chi connectivity index (χ0) is 9.47. The molecule has 2 rings (SSSR count). The summed E-state index contributed by atoms with van der Waals surface area (Å²) in [6.45, 7) is 1.64. The van der Waals surface area contributed by atoms with Gasteiger partial charge in [0.2, 0.25) is 0 Å². The van der Waals surface area contributed by atoms with E-state index in [1.165, 1.54) is 6.42 Å². The van der Waals surface area contributed by atoms with Gasteiger partial charge < -0.3 is 10.4 Å². The number of rotatable bonds is 3.